The van der Waals surface area contributed by atoms with Gasteiger partial charge in [0.1, 0.15) is 0 Å². The van der Waals surface area contributed by atoms with E-state index in [1.165, 1.54) is 19.3 Å². The third-order valence-electron chi connectivity index (χ3n) is 3.14. The predicted octanol–water partition coefficient (Wildman–Crippen LogP) is 3.44. The number of nitrogen functional groups attached to an aromatic ring is 1. The third-order valence-corrected chi connectivity index (χ3v) is 3.54. The van der Waals surface area contributed by atoms with Gasteiger partial charge >= 0.3 is 0 Å². The molecule has 3 heteroatoms. The van der Waals surface area contributed by atoms with Crippen molar-refractivity contribution in [3.8, 4) is 0 Å². The Hall–Kier alpha value is -0.890. The standard InChI is InChI=1S/C12H17ClN2/c1-8-5-12(11(14)6-10(8)13)15-7-9-3-2-4-9/h5-6,9,15H,2-4,7,14H2,1H3. The summed E-state index contributed by atoms with van der Waals surface area (Å²) in [5.41, 5.74) is 8.72. The van der Waals surface area contributed by atoms with Gasteiger partial charge in [-0.3, -0.25) is 0 Å². The lowest BCUT2D eigenvalue weighted by atomic mass is 9.85. The summed E-state index contributed by atoms with van der Waals surface area (Å²) < 4.78 is 0. The van der Waals surface area contributed by atoms with E-state index in [1.54, 1.807) is 0 Å². The van der Waals surface area contributed by atoms with Crippen molar-refractivity contribution in [2.75, 3.05) is 17.6 Å². The molecule has 1 fully saturated rings. The van der Waals surface area contributed by atoms with Gasteiger partial charge in [0.2, 0.25) is 0 Å². The van der Waals surface area contributed by atoms with E-state index in [1.807, 2.05) is 19.1 Å². The maximum absolute atomic E-state index is 5.98. The molecule has 0 heterocycles. The van der Waals surface area contributed by atoms with E-state index in [2.05, 4.69) is 5.32 Å². The molecule has 1 saturated carbocycles. The normalized spacial score (nSPS) is 16.1. The number of nitrogens with one attached hydrogen (secondary N) is 1. The van der Waals surface area contributed by atoms with Crippen LogP contribution in [-0.2, 0) is 0 Å². The van der Waals surface area contributed by atoms with Crippen LogP contribution in [0.3, 0.4) is 0 Å². The topological polar surface area (TPSA) is 38.0 Å². The molecule has 0 bridgehead atoms. The van der Waals surface area contributed by atoms with Crippen molar-refractivity contribution >= 4 is 23.0 Å². The first-order valence-electron chi connectivity index (χ1n) is 5.46. The van der Waals surface area contributed by atoms with Gasteiger partial charge < -0.3 is 11.1 Å². The Morgan fingerprint density at radius 2 is 2.20 bits per heavy atom. The average Bonchev–Trinajstić information content (AvgIpc) is 2.11. The minimum Gasteiger partial charge on any atom is -0.397 e. The van der Waals surface area contributed by atoms with Gasteiger partial charge in [0.05, 0.1) is 11.4 Å². The molecule has 0 unspecified atom stereocenters. The molecule has 0 aliphatic heterocycles. The molecule has 82 valence electrons. The molecular formula is C12H17ClN2. The smallest absolute Gasteiger partial charge is 0.0577 e. The Bertz CT molecular complexity index is 359. The number of hydrogen-bond donors (Lipinski definition) is 2. The minimum atomic E-state index is 0.738. The van der Waals surface area contributed by atoms with Crippen LogP contribution in [0.25, 0.3) is 0 Å². The summed E-state index contributed by atoms with van der Waals surface area (Å²) in [4.78, 5) is 0. The summed E-state index contributed by atoms with van der Waals surface area (Å²) in [6, 6.07) is 3.84. The molecule has 0 amide bonds. The van der Waals surface area contributed by atoms with E-state index in [4.69, 9.17) is 17.3 Å². The highest BCUT2D eigenvalue weighted by Gasteiger charge is 2.17. The van der Waals surface area contributed by atoms with Crippen molar-refractivity contribution in [1.82, 2.24) is 0 Å². The maximum atomic E-state index is 5.98. The first-order chi connectivity index (χ1) is 7.16. The van der Waals surface area contributed by atoms with Crippen LogP contribution in [0.1, 0.15) is 24.8 Å². The molecule has 1 aliphatic carbocycles. The summed E-state index contributed by atoms with van der Waals surface area (Å²) in [7, 11) is 0. The van der Waals surface area contributed by atoms with E-state index in [0.717, 1.165) is 34.4 Å². The highest BCUT2D eigenvalue weighted by molar-refractivity contribution is 6.31. The van der Waals surface area contributed by atoms with Crippen molar-refractivity contribution in [1.29, 1.82) is 0 Å². The van der Waals surface area contributed by atoms with Gasteiger partial charge in [-0.2, -0.15) is 0 Å². The Kier molecular flexibility index (Phi) is 3.06. The molecule has 0 spiro atoms. The van der Waals surface area contributed by atoms with Gasteiger partial charge in [-0.05, 0) is 43.4 Å². The van der Waals surface area contributed by atoms with Crippen molar-refractivity contribution < 1.29 is 0 Å². The Morgan fingerprint density at radius 3 is 2.80 bits per heavy atom. The molecule has 1 aromatic carbocycles. The quantitative estimate of drug-likeness (QED) is 0.772. The summed E-state index contributed by atoms with van der Waals surface area (Å²) in [6.45, 7) is 3.03. The van der Waals surface area contributed by atoms with E-state index in [9.17, 15) is 0 Å². The van der Waals surface area contributed by atoms with E-state index < -0.39 is 0 Å². The second-order valence-electron chi connectivity index (χ2n) is 4.37. The number of aryl methyl sites for hydroxylation is 1. The fourth-order valence-electron chi connectivity index (χ4n) is 1.80. The number of rotatable bonds is 3. The minimum absolute atomic E-state index is 0.738. The van der Waals surface area contributed by atoms with Crippen molar-refractivity contribution in [3.05, 3.63) is 22.7 Å². The molecule has 2 rings (SSSR count). The number of hydrogen-bond acceptors (Lipinski definition) is 2. The molecule has 0 atom stereocenters. The van der Waals surface area contributed by atoms with Gasteiger partial charge in [0.15, 0.2) is 0 Å². The van der Waals surface area contributed by atoms with Crippen LogP contribution in [0.5, 0.6) is 0 Å². The second-order valence-corrected chi connectivity index (χ2v) is 4.77. The second kappa shape index (κ2) is 4.31. The summed E-state index contributed by atoms with van der Waals surface area (Å²) in [5, 5.41) is 4.14. The Morgan fingerprint density at radius 1 is 1.47 bits per heavy atom. The van der Waals surface area contributed by atoms with Crippen LogP contribution < -0.4 is 11.1 Å². The lowest BCUT2D eigenvalue weighted by Gasteiger charge is -2.26. The number of halogens is 1. The zero-order valence-electron chi connectivity index (χ0n) is 9.02. The van der Waals surface area contributed by atoms with E-state index >= 15 is 0 Å². The van der Waals surface area contributed by atoms with Crippen molar-refractivity contribution in [3.63, 3.8) is 0 Å². The molecule has 0 aromatic heterocycles. The van der Waals surface area contributed by atoms with Crippen molar-refractivity contribution in [2.24, 2.45) is 5.92 Å². The lowest BCUT2D eigenvalue weighted by molar-refractivity contribution is 0.333. The van der Waals surface area contributed by atoms with Gasteiger partial charge in [0, 0.05) is 11.6 Å². The van der Waals surface area contributed by atoms with Gasteiger partial charge in [-0.25, -0.2) is 0 Å². The summed E-state index contributed by atoms with van der Waals surface area (Å²) in [6.07, 6.45) is 4.07. The largest absolute Gasteiger partial charge is 0.397 e. The summed E-state index contributed by atoms with van der Waals surface area (Å²) in [5.74, 6) is 0.834. The number of nitrogens with two attached hydrogens (primary N) is 1. The molecule has 2 nitrogen and oxygen atoms in total. The number of benzene rings is 1. The van der Waals surface area contributed by atoms with E-state index in [0.29, 0.717) is 0 Å². The van der Waals surface area contributed by atoms with Crippen LogP contribution in [0.2, 0.25) is 5.02 Å². The molecule has 15 heavy (non-hydrogen) atoms. The van der Waals surface area contributed by atoms with Crippen LogP contribution >= 0.6 is 11.6 Å². The van der Waals surface area contributed by atoms with Crippen LogP contribution in [0.4, 0.5) is 11.4 Å². The Balaban J connectivity index is 2.03. The lowest BCUT2D eigenvalue weighted by Crippen LogP contribution is -2.21. The van der Waals surface area contributed by atoms with E-state index in [-0.39, 0.29) is 0 Å². The predicted molar refractivity (Wildman–Crippen MR) is 66.4 cm³/mol. The molecule has 0 radical (unpaired) electrons. The molecule has 1 aliphatic rings. The number of anilines is 2. The van der Waals surface area contributed by atoms with Gasteiger partial charge in [-0.15, -0.1) is 0 Å². The molecular weight excluding hydrogens is 208 g/mol. The molecule has 1 aromatic rings. The molecule has 0 saturated heterocycles. The van der Waals surface area contributed by atoms with Gasteiger partial charge in [-0.1, -0.05) is 18.0 Å². The average molecular weight is 225 g/mol. The van der Waals surface area contributed by atoms with Crippen LogP contribution in [-0.4, -0.2) is 6.54 Å². The van der Waals surface area contributed by atoms with Crippen LogP contribution in [0, 0.1) is 12.8 Å². The first kappa shape index (κ1) is 10.6. The summed E-state index contributed by atoms with van der Waals surface area (Å²) >= 11 is 5.98. The highest BCUT2D eigenvalue weighted by atomic mass is 35.5. The maximum Gasteiger partial charge on any atom is 0.0577 e. The SMILES string of the molecule is Cc1cc(NCC2CCC2)c(N)cc1Cl. The third kappa shape index (κ3) is 2.37. The fraction of sp³-hybridized carbons (Fsp3) is 0.500. The monoisotopic (exact) mass is 224 g/mol. The van der Waals surface area contributed by atoms with Crippen LogP contribution in [0.15, 0.2) is 12.1 Å². The first-order valence-corrected chi connectivity index (χ1v) is 5.84. The van der Waals surface area contributed by atoms with Gasteiger partial charge in [0.25, 0.3) is 0 Å². The Labute approximate surface area is 95.8 Å². The molecule has 3 N–H and O–H groups in total. The zero-order chi connectivity index (χ0) is 10.8. The van der Waals surface area contributed by atoms with Crippen molar-refractivity contribution in [2.45, 2.75) is 26.2 Å². The fourth-order valence-corrected chi connectivity index (χ4v) is 1.97. The highest BCUT2D eigenvalue weighted by Crippen LogP contribution is 2.30. The zero-order valence-corrected chi connectivity index (χ0v) is 9.77.